The Morgan fingerprint density at radius 1 is 1.24 bits per heavy atom. The lowest BCUT2D eigenvalue weighted by atomic mass is 10.1. The predicted octanol–water partition coefficient (Wildman–Crippen LogP) is 2.49. The Kier molecular flexibility index (Phi) is 4.47. The quantitative estimate of drug-likeness (QED) is 0.915. The van der Waals surface area contributed by atoms with E-state index in [2.05, 4.69) is 10.5 Å². The van der Waals surface area contributed by atoms with Crippen LogP contribution in [0.3, 0.4) is 0 Å². The molecule has 0 unspecified atom stereocenters. The third-order valence-corrected chi connectivity index (χ3v) is 3.12. The molecule has 6 nitrogen and oxygen atoms in total. The van der Waals surface area contributed by atoms with Crippen LogP contribution in [0.1, 0.15) is 34.8 Å². The number of carbonyl (C=O) groups is 1. The van der Waals surface area contributed by atoms with Gasteiger partial charge in [-0.05, 0) is 31.5 Å². The maximum atomic E-state index is 12.0. The summed E-state index contributed by atoms with van der Waals surface area (Å²) >= 11 is 0. The van der Waals surface area contributed by atoms with Crippen molar-refractivity contribution in [2.75, 3.05) is 14.2 Å². The summed E-state index contributed by atoms with van der Waals surface area (Å²) in [6, 6.07) is 6.90. The molecule has 0 spiro atoms. The number of aryl methyl sites for hydroxylation is 1. The van der Waals surface area contributed by atoms with Gasteiger partial charge in [-0.25, -0.2) is 0 Å². The zero-order valence-electron chi connectivity index (χ0n) is 12.5. The molecular weight excluding hydrogens is 272 g/mol. The number of aromatic nitrogens is 1. The fourth-order valence-corrected chi connectivity index (χ4v) is 1.95. The van der Waals surface area contributed by atoms with Crippen molar-refractivity contribution in [1.82, 2.24) is 10.5 Å². The van der Waals surface area contributed by atoms with Gasteiger partial charge in [0.2, 0.25) is 0 Å². The van der Waals surface area contributed by atoms with Gasteiger partial charge in [-0.3, -0.25) is 4.79 Å². The minimum absolute atomic E-state index is 0.200. The van der Waals surface area contributed by atoms with E-state index < -0.39 is 0 Å². The molecule has 1 atom stereocenters. The molecule has 0 saturated carbocycles. The number of methoxy groups -OCH3 is 2. The molecule has 6 heteroatoms. The Balaban J connectivity index is 2.13. The number of rotatable bonds is 5. The zero-order chi connectivity index (χ0) is 15.4. The molecule has 0 bridgehead atoms. The Morgan fingerprint density at radius 3 is 2.52 bits per heavy atom. The molecule has 1 amide bonds. The monoisotopic (exact) mass is 290 g/mol. The number of nitrogens with zero attached hydrogens (tertiary/aromatic N) is 1. The van der Waals surface area contributed by atoms with E-state index in [1.807, 2.05) is 19.1 Å². The van der Waals surface area contributed by atoms with Gasteiger partial charge in [0.1, 0.15) is 5.76 Å². The van der Waals surface area contributed by atoms with E-state index in [1.54, 1.807) is 33.3 Å². The van der Waals surface area contributed by atoms with E-state index in [0.29, 0.717) is 17.3 Å². The highest BCUT2D eigenvalue weighted by Gasteiger charge is 2.16. The molecule has 112 valence electrons. The van der Waals surface area contributed by atoms with Crippen LogP contribution < -0.4 is 14.8 Å². The van der Waals surface area contributed by atoms with Crippen molar-refractivity contribution in [3.63, 3.8) is 0 Å². The lowest BCUT2D eigenvalue weighted by molar-refractivity contribution is 0.0930. The molecule has 1 aromatic heterocycles. The van der Waals surface area contributed by atoms with Gasteiger partial charge in [-0.2, -0.15) is 0 Å². The normalized spacial score (nSPS) is 11.8. The Hall–Kier alpha value is -2.50. The molecular formula is C15H18N2O4. The van der Waals surface area contributed by atoms with Crippen molar-refractivity contribution >= 4 is 5.91 Å². The molecule has 0 aliphatic rings. The lowest BCUT2D eigenvalue weighted by Crippen LogP contribution is -2.26. The summed E-state index contributed by atoms with van der Waals surface area (Å²) in [6.45, 7) is 3.62. The van der Waals surface area contributed by atoms with E-state index in [4.69, 9.17) is 14.0 Å². The van der Waals surface area contributed by atoms with Crippen molar-refractivity contribution in [3.05, 3.63) is 41.3 Å². The average molecular weight is 290 g/mol. The molecule has 0 saturated heterocycles. The highest BCUT2D eigenvalue weighted by Crippen LogP contribution is 2.29. The second kappa shape index (κ2) is 6.30. The zero-order valence-corrected chi connectivity index (χ0v) is 12.5. The fraction of sp³-hybridized carbons (Fsp3) is 0.333. The highest BCUT2D eigenvalue weighted by molar-refractivity contribution is 5.92. The van der Waals surface area contributed by atoms with Gasteiger partial charge in [-0.1, -0.05) is 11.2 Å². The first-order chi connectivity index (χ1) is 10.0. The Morgan fingerprint density at radius 2 is 1.95 bits per heavy atom. The van der Waals surface area contributed by atoms with Crippen molar-refractivity contribution < 1.29 is 18.8 Å². The van der Waals surface area contributed by atoms with E-state index in [9.17, 15) is 4.79 Å². The first kappa shape index (κ1) is 14.9. The summed E-state index contributed by atoms with van der Waals surface area (Å²) in [5, 5.41) is 6.55. The second-order valence-corrected chi connectivity index (χ2v) is 4.63. The summed E-state index contributed by atoms with van der Waals surface area (Å²) in [4.78, 5) is 12.0. The van der Waals surface area contributed by atoms with Crippen molar-refractivity contribution in [2.45, 2.75) is 19.9 Å². The molecule has 0 fully saturated rings. The molecule has 0 aliphatic heterocycles. The van der Waals surface area contributed by atoms with Gasteiger partial charge in [0.25, 0.3) is 5.91 Å². The minimum atomic E-state index is -0.283. The maximum absolute atomic E-state index is 12.0. The van der Waals surface area contributed by atoms with Crippen LogP contribution >= 0.6 is 0 Å². The number of ether oxygens (including phenoxy) is 2. The largest absolute Gasteiger partial charge is 0.493 e. The molecule has 1 N–H and O–H groups in total. The van der Waals surface area contributed by atoms with Crippen LogP contribution in [0, 0.1) is 6.92 Å². The number of nitrogens with one attached hydrogen (secondary N) is 1. The first-order valence-corrected chi connectivity index (χ1v) is 6.51. The molecule has 1 heterocycles. The predicted molar refractivity (Wildman–Crippen MR) is 76.7 cm³/mol. The summed E-state index contributed by atoms with van der Waals surface area (Å²) in [6.07, 6.45) is 0. The maximum Gasteiger partial charge on any atom is 0.273 e. The van der Waals surface area contributed by atoms with Gasteiger partial charge in [0, 0.05) is 6.07 Å². The Labute approximate surface area is 123 Å². The van der Waals surface area contributed by atoms with Crippen LogP contribution in [-0.4, -0.2) is 25.3 Å². The number of hydrogen-bond donors (Lipinski definition) is 1. The standard InChI is InChI=1S/C15H18N2O4/c1-9-7-12(17-21-9)15(18)16-10(2)11-5-6-13(19-3)14(8-11)20-4/h5-8,10H,1-4H3,(H,16,18)/t10-/m1/s1. The smallest absolute Gasteiger partial charge is 0.273 e. The summed E-state index contributed by atoms with van der Waals surface area (Å²) in [5.74, 6) is 1.58. The summed E-state index contributed by atoms with van der Waals surface area (Å²) in [5.41, 5.74) is 1.17. The van der Waals surface area contributed by atoms with E-state index in [0.717, 1.165) is 5.56 Å². The minimum Gasteiger partial charge on any atom is -0.493 e. The first-order valence-electron chi connectivity index (χ1n) is 6.51. The third-order valence-electron chi connectivity index (χ3n) is 3.12. The van der Waals surface area contributed by atoms with Crippen LogP contribution in [0.5, 0.6) is 11.5 Å². The molecule has 0 aliphatic carbocycles. The van der Waals surface area contributed by atoms with E-state index in [-0.39, 0.29) is 17.6 Å². The number of carbonyl (C=O) groups excluding carboxylic acids is 1. The van der Waals surface area contributed by atoms with Crippen LogP contribution in [0.4, 0.5) is 0 Å². The topological polar surface area (TPSA) is 73.6 Å². The molecule has 21 heavy (non-hydrogen) atoms. The van der Waals surface area contributed by atoms with Crippen molar-refractivity contribution in [2.24, 2.45) is 0 Å². The summed E-state index contributed by atoms with van der Waals surface area (Å²) < 4.78 is 15.3. The van der Waals surface area contributed by atoms with Crippen LogP contribution in [0.15, 0.2) is 28.8 Å². The molecule has 2 rings (SSSR count). The number of amides is 1. The van der Waals surface area contributed by atoms with Gasteiger partial charge in [0.15, 0.2) is 17.2 Å². The molecule has 2 aromatic rings. The van der Waals surface area contributed by atoms with Crippen molar-refractivity contribution in [1.29, 1.82) is 0 Å². The number of benzene rings is 1. The van der Waals surface area contributed by atoms with Crippen LogP contribution in [0.25, 0.3) is 0 Å². The third kappa shape index (κ3) is 3.34. The van der Waals surface area contributed by atoms with Gasteiger partial charge in [-0.15, -0.1) is 0 Å². The van der Waals surface area contributed by atoms with Crippen LogP contribution in [0.2, 0.25) is 0 Å². The Bertz CT molecular complexity index is 636. The van der Waals surface area contributed by atoms with Gasteiger partial charge < -0.3 is 19.3 Å². The second-order valence-electron chi connectivity index (χ2n) is 4.63. The fourth-order valence-electron chi connectivity index (χ4n) is 1.95. The average Bonchev–Trinajstić information content (AvgIpc) is 2.93. The molecule has 0 radical (unpaired) electrons. The van der Waals surface area contributed by atoms with E-state index >= 15 is 0 Å². The van der Waals surface area contributed by atoms with Gasteiger partial charge in [0.05, 0.1) is 20.3 Å². The van der Waals surface area contributed by atoms with Crippen molar-refractivity contribution in [3.8, 4) is 11.5 Å². The van der Waals surface area contributed by atoms with Crippen LogP contribution in [-0.2, 0) is 0 Å². The summed E-state index contributed by atoms with van der Waals surface area (Å²) in [7, 11) is 3.15. The highest BCUT2D eigenvalue weighted by atomic mass is 16.5. The van der Waals surface area contributed by atoms with E-state index in [1.165, 1.54) is 0 Å². The lowest BCUT2D eigenvalue weighted by Gasteiger charge is -2.15. The number of hydrogen-bond acceptors (Lipinski definition) is 5. The SMILES string of the molecule is COc1ccc([C@@H](C)NC(=O)c2cc(C)on2)cc1OC. The van der Waals surface area contributed by atoms with Gasteiger partial charge >= 0.3 is 0 Å². The molecule has 1 aromatic carbocycles.